The Morgan fingerprint density at radius 3 is 2.60 bits per heavy atom. The highest BCUT2D eigenvalue weighted by atomic mass is 35.5. The fraction of sp³-hybridized carbons (Fsp3) is 0.304. The average Bonchev–Trinajstić information content (AvgIpc) is 3.18. The van der Waals surface area contributed by atoms with Crippen molar-refractivity contribution in [1.82, 2.24) is 23.7 Å². The summed E-state index contributed by atoms with van der Waals surface area (Å²) >= 11 is 5.95. The first-order chi connectivity index (χ1) is 16.6. The molecule has 0 aliphatic heterocycles. The number of imidazole rings is 1. The van der Waals surface area contributed by atoms with E-state index in [1.807, 2.05) is 0 Å². The molecule has 1 N–H and O–H groups in total. The molecule has 0 atom stereocenters. The lowest BCUT2D eigenvalue weighted by Gasteiger charge is -2.14. The molecule has 1 aromatic carbocycles. The number of aryl methyl sites for hydroxylation is 1. The van der Waals surface area contributed by atoms with Crippen molar-refractivity contribution in [2.45, 2.75) is 32.5 Å². The number of aromatic nitrogens is 5. The zero-order valence-electron chi connectivity index (χ0n) is 18.9. The SMILES string of the molecule is Cn1c(=O)n(CCCO)c(=O)c2c1nc(-c1cccc(OC(C)(F)F)c1)n2Cc1ccc(Cl)cn1. The molecular formula is C23H22ClF2N5O4. The number of benzene rings is 1. The second kappa shape index (κ2) is 9.59. The number of pyridine rings is 1. The van der Waals surface area contributed by atoms with E-state index in [1.165, 1.54) is 36.0 Å². The van der Waals surface area contributed by atoms with Gasteiger partial charge in [-0.2, -0.15) is 8.78 Å². The van der Waals surface area contributed by atoms with E-state index in [4.69, 9.17) is 16.3 Å². The predicted octanol–water partition coefficient (Wildman–Crippen LogP) is 3.03. The van der Waals surface area contributed by atoms with Gasteiger partial charge in [-0.15, -0.1) is 0 Å². The number of fused-ring (bicyclic) bond motifs is 1. The Bertz CT molecular complexity index is 1490. The Morgan fingerprint density at radius 2 is 1.94 bits per heavy atom. The third-order valence-corrected chi connectivity index (χ3v) is 5.49. The van der Waals surface area contributed by atoms with Gasteiger partial charge >= 0.3 is 11.8 Å². The zero-order chi connectivity index (χ0) is 25.3. The standard InChI is InChI=1S/C23H22ClF2N5O4/c1-23(25,26)35-17-6-3-5-14(11-17)19-28-20-18(31(19)13-16-8-7-15(24)12-27-16)21(33)30(9-4-10-32)22(34)29(20)2/h3,5-8,11-12,32H,4,9-10,13H2,1-2H3. The summed E-state index contributed by atoms with van der Waals surface area (Å²) in [4.78, 5) is 35.1. The third kappa shape index (κ3) is 5.10. The maximum atomic E-state index is 13.4. The quantitative estimate of drug-likeness (QED) is 0.395. The average molecular weight is 506 g/mol. The van der Waals surface area contributed by atoms with E-state index in [-0.39, 0.29) is 48.9 Å². The van der Waals surface area contributed by atoms with Crippen molar-refractivity contribution in [2.75, 3.05) is 6.61 Å². The van der Waals surface area contributed by atoms with Crippen LogP contribution in [0.3, 0.4) is 0 Å². The van der Waals surface area contributed by atoms with Crippen molar-refractivity contribution >= 4 is 22.8 Å². The van der Waals surface area contributed by atoms with Crippen LogP contribution in [-0.4, -0.2) is 41.5 Å². The number of nitrogens with zero attached hydrogens (tertiary/aromatic N) is 5. The predicted molar refractivity (Wildman–Crippen MR) is 126 cm³/mol. The van der Waals surface area contributed by atoms with E-state index in [2.05, 4.69) is 9.97 Å². The fourth-order valence-electron chi connectivity index (χ4n) is 3.74. The number of aliphatic hydroxyl groups is 1. The van der Waals surface area contributed by atoms with Gasteiger partial charge in [-0.25, -0.2) is 9.78 Å². The zero-order valence-corrected chi connectivity index (χ0v) is 19.7. The Kier molecular flexibility index (Phi) is 6.73. The van der Waals surface area contributed by atoms with Crippen molar-refractivity contribution in [3.8, 4) is 17.1 Å². The number of hydrogen-bond acceptors (Lipinski definition) is 6. The number of halogens is 3. The van der Waals surface area contributed by atoms with Crippen LogP contribution >= 0.6 is 11.6 Å². The summed E-state index contributed by atoms with van der Waals surface area (Å²) in [6, 6.07) is 9.26. The second-order valence-electron chi connectivity index (χ2n) is 7.97. The first-order valence-corrected chi connectivity index (χ1v) is 11.1. The van der Waals surface area contributed by atoms with Crippen molar-refractivity contribution in [1.29, 1.82) is 0 Å². The van der Waals surface area contributed by atoms with Gasteiger partial charge in [-0.05, 0) is 30.7 Å². The molecular weight excluding hydrogens is 484 g/mol. The number of hydrogen-bond donors (Lipinski definition) is 1. The molecule has 0 amide bonds. The lowest BCUT2D eigenvalue weighted by molar-refractivity contribution is -0.158. The summed E-state index contributed by atoms with van der Waals surface area (Å²) in [7, 11) is 1.48. The van der Waals surface area contributed by atoms with E-state index in [0.717, 1.165) is 4.57 Å². The molecule has 9 nitrogen and oxygen atoms in total. The van der Waals surface area contributed by atoms with Gasteiger partial charge < -0.3 is 14.4 Å². The summed E-state index contributed by atoms with van der Waals surface area (Å²) < 4.78 is 35.4. The molecule has 35 heavy (non-hydrogen) atoms. The number of aliphatic hydroxyl groups excluding tert-OH is 1. The van der Waals surface area contributed by atoms with Crippen LogP contribution < -0.4 is 16.0 Å². The van der Waals surface area contributed by atoms with Crippen LogP contribution in [0, 0.1) is 0 Å². The van der Waals surface area contributed by atoms with Crippen LogP contribution in [0.25, 0.3) is 22.6 Å². The molecule has 3 aromatic heterocycles. The topological polar surface area (TPSA) is 104 Å². The Morgan fingerprint density at radius 1 is 1.17 bits per heavy atom. The second-order valence-corrected chi connectivity index (χ2v) is 8.41. The maximum Gasteiger partial charge on any atom is 0.394 e. The van der Waals surface area contributed by atoms with Gasteiger partial charge in [-0.1, -0.05) is 23.7 Å². The molecule has 4 rings (SSSR count). The van der Waals surface area contributed by atoms with E-state index in [9.17, 15) is 23.5 Å². The van der Waals surface area contributed by atoms with Crippen molar-refractivity contribution in [3.05, 3.63) is 74.1 Å². The Balaban J connectivity index is 1.98. The van der Waals surface area contributed by atoms with E-state index in [1.54, 1.807) is 22.8 Å². The molecule has 0 spiro atoms. The highest BCUT2D eigenvalue weighted by Gasteiger charge is 2.25. The van der Waals surface area contributed by atoms with Gasteiger partial charge in [0.15, 0.2) is 11.2 Å². The van der Waals surface area contributed by atoms with Crippen LogP contribution in [0.15, 0.2) is 52.2 Å². The largest absolute Gasteiger partial charge is 0.433 e. The minimum absolute atomic E-state index is 0.0204. The van der Waals surface area contributed by atoms with E-state index < -0.39 is 17.4 Å². The van der Waals surface area contributed by atoms with Crippen molar-refractivity contribution in [2.24, 2.45) is 7.05 Å². The lowest BCUT2D eigenvalue weighted by Crippen LogP contribution is -2.40. The molecule has 0 saturated carbocycles. The van der Waals surface area contributed by atoms with E-state index >= 15 is 0 Å². The molecule has 0 radical (unpaired) electrons. The first kappa shape index (κ1) is 24.6. The van der Waals surface area contributed by atoms with Crippen LogP contribution in [0.4, 0.5) is 8.78 Å². The number of alkyl halides is 2. The van der Waals surface area contributed by atoms with Crippen LogP contribution in [0.2, 0.25) is 5.02 Å². The molecule has 0 aliphatic rings. The normalized spacial score (nSPS) is 11.8. The summed E-state index contributed by atoms with van der Waals surface area (Å²) in [5.41, 5.74) is 0.0276. The minimum atomic E-state index is -3.39. The van der Waals surface area contributed by atoms with Crippen molar-refractivity contribution in [3.63, 3.8) is 0 Å². The summed E-state index contributed by atoms with van der Waals surface area (Å²) in [5, 5.41) is 9.63. The maximum absolute atomic E-state index is 13.4. The Labute approximate surface area is 202 Å². The first-order valence-electron chi connectivity index (χ1n) is 10.7. The lowest BCUT2D eigenvalue weighted by atomic mass is 10.2. The number of rotatable bonds is 8. The smallest absolute Gasteiger partial charge is 0.394 e. The molecule has 0 bridgehead atoms. The van der Waals surface area contributed by atoms with Gasteiger partial charge in [0.25, 0.3) is 5.56 Å². The summed E-state index contributed by atoms with van der Waals surface area (Å²) in [6.07, 6.45) is -1.72. The fourth-order valence-corrected chi connectivity index (χ4v) is 3.85. The molecule has 0 fully saturated rings. The summed E-state index contributed by atoms with van der Waals surface area (Å²) in [6.45, 7) is 0.547. The third-order valence-electron chi connectivity index (χ3n) is 5.27. The van der Waals surface area contributed by atoms with E-state index in [0.29, 0.717) is 23.2 Å². The van der Waals surface area contributed by atoms with Gasteiger partial charge in [0.2, 0.25) is 0 Å². The van der Waals surface area contributed by atoms with Crippen LogP contribution in [0.1, 0.15) is 19.0 Å². The van der Waals surface area contributed by atoms with Gasteiger partial charge in [0.05, 0.1) is 17.3 Å². The number of ether oxygens (including phenoxy) is 1. The van der Waals surface area contributed by atoms with Crippen LogP contribution in [0.5, 0.6) is 5.75 Å². The molecule has 184 valence electrons. The van der Waals surface area contributed by atoms with Gasteiger partial charge in [0.1, 0.15) is 11.6 Å². The monoisotopic (exact) mass is 505 g/mol. The molecule has 0 unspecified atom stereocenters. The van der Waals surface area contributed by atoms with Crippen LogP contribution in [-0.2, 0) is 20.1 Å². The molecule has 4 aromatic rings. The van der Waals surface area contributed by atoms with Crippen molar-refractivity contribution < 1.29 is 18.6 Å². The van der Waals surface area contributed by atoms with Gasteiger partial charge in [0, 0.05) is 38.9 Å². The highest BCUT2D eigenvalue weighted by molar-refractivity contribution is 6.30. The molecule has 3 heterocycles. The molecule has 0 aliphatic carbocycles. The highest BCUT2D eigenvalue weighted by Crippen LogP contribution is 2.29. The molecule has 12 heteroatoms. The Hall–Kier alpha value is -3.57. The minimum Gasteiger partial charge on any atom is -0.433 e. The summed E-state index contributed by atoms with van der Waals surface area (Å²) in [5.74, 6) is 0.168. The molecule has 0 saturated heterocycles. The van der Waals surface area contributed by atoms with Gasteiger partial charge in [-0.3, -0.25) is 18.9 Å².